The number of hydrogen-bond acceptors (Lipinski definition) is 2. The SMILES string of the molecule is CCNC(=NCC(C)(C)c1ccc(F)cc1)NC1CC2CCC1O2. The van der Waals surface area contributed by atoms with Crippen molar-refractivity contribution < 1.29 is 9.13 Å². The lowest BCUT2D eigenvalue weighted by atomic mass is 9.85. The van der Waals surface area contributed by atoms with Crippen LogP contribution in [0.2, 0.25) is 0 Å². The number of aliphatic imine (C=N–C) groups is 1. The van der Waals surface area contributed by atoms with Crippen LogP contribution < -0.4 is 10.6 Å². The number of hydrogen-bond donors (Lipinski definition) is 2. The van der Waals surface area contributed by atoms with E-state index in [0.29, 0.717) is 24.8 Å². The van der Waals surface area contributed by atoms with Crippen molar-refractivity contribution in [2.75, 3.05) is 13.1 Å². The third-order valence-electron chi connectivity index (χ3n) is 5.03. The van der Waals surface area contributed by atoms with Gasteiger partial charge in [-0.15, -0.1) is 0 Å². The summed E-state index contributed by atoms with van der Waals surface area (Å²) in [4.78, 5) is 4.78. The van der Waals surface area contributed by atoms with E-state index in [4.69, 9.17) is 9.73 Å². The van der Waals surface area contributed by atoms with E-state index in [0.717, 1.165) is 30.9 Å². The molecule has 3 rings (SSSR count). The summed E-state index contributed by atoms with van der Waals surface area (Å²) >= 11 is 0. The van der Waals surface area contributed by atoms with Gasteiger partial charge < -0.3 is 15.4 Å². The van der Waals surface area contributed by atoms with Crippen molar-refractivity contribution in [2.24, 2.45) is 4.99 Å². The quantitative estimate of drug-likeness (QED) is 0.643. The zero-order chi connectivity index (χ0) is 17.2. The van der Waals surface area contributed by atoms with Gasteiger partial charge in [0.2, 0.25) is 0 Å². The van der Waals surface area contributed by atoms with Crippen LogP contribution in [0.4, 0.5) is 4.39 Å². The maximum absolute atomic E-state index is 13.1. The van der Waals surface area contributed by atoms with E-state index in [1.807, 2.05) is 12.1 Å². The summed E-state index contributed by atoms with van der Waals surface area (Å²) in [6.07, 6.45) is 4.14. The van der Waals surface area contributed by atoms with Crippen LogP contribution in [0.5, 0.6) is 0 Å². The first-order chi connectivity index (χ1) is 11.5. The fourth-order valence-corrected chi connectivity index (χ4v) is 3.55. The number of ether oxygens (including phenoxy) is 1. The number of fused-ring (bicyclic) bond motifs is 2. The molecule has 3 atom stereocenters. The van der Waals surface area contributed by atoms with E-state index in [2.05, 4.69) is 31.4 Å². The second-order valence-corrected chi connectivity index (χ2v) is 7.45. The molecule has 3 unspecified atom stereocenters. The molecule has 0 aliphatic carbocycles. The van der Waals surface area contributed by atoms with Gasteiger partial charge in [-0.2, -0.15) is 0 Å². The zero-order valence-electron chi connectivity index (χ0n) is 14.8. The first-order valence-electron chi connectivity index (χ1n) is 8.94. The molecule has 2 heterocycles. The van der Waals surface area contributed by atoms with Crippen molar-refractivity contribution >= 4 is 5.96 Å². The lowest BCUT2D eigenvalue weighted by Gasteiger charge is -2.26. The molecule has 132 valence electrons. The average Bonchev–Trinajstić information content (AvgIpc) is 3.16. The largest absolute Gasteiger partial charge is 0.373 e. The van der Waals surface area contributed by atoms with E-state index in [1.54, 1.807) is 0 Å². The van der Waals surface area contributed by atoms with Crippen LogP contribution in [-0.2, 0) is 10.2 Å². The Labute approximate surface area is 143 Å². The highest BCUT2D eigenvalue weighted by molar-refractivity contribution is 5.80. The summed E-state index contributed by atoms with van der Waals surface area (Å²) in [5, 5.41) is 6.86. The van der Waals surface area contributed by atoms with Gasteiger partial charge >= 0.3 is 0 Å². The molecular formula is C19H28FN3O. The molecular weight excluding hydrogens is 305 g/mol. The third kappa shape index (κ3) is 3.89. The van der Waals surface area contributed by atoms with Gasteiger partial charge in [0.25, 0.3) is 0 Å². The fraction of sp³-hybridized carbons (Fsp3) is 0.632. The molecule has 2 saturated heterocycles. The predicted molar refractivity (Wildman–Crippen MR) is 94.8 cm³/mol. The molecule has 5 heteroatoms. The maximum Gasteiger partial charge on any atom is 0.191 e. The Kier molecular flexibility index (Phi) is 5.09. The molecule has 2 bridgehead atoms. The molecule has 0 amide bonds. The number of rotatable bonds is 5. The molecule has 4 nitrogen and oxygen atoms in total. The summed E-state index contributed by atoms with van der Waals surface area (Å²) in [5.41, 5.74) is 0.938. The molecule has 2 aliphatic rings. The Morgan fingerprint density at radius 2 is 2.04 bits per heavy atom. The fourth-order valence-electron chi connectivity index (χ4n) is 3.55. The predicted octanol–water partition coefficient (Wildman–Crippen LogP) is 2.98. The Balaban J connectivity index is 1.65. The van der Waals surface area contributed by atoms with Gasteiger partial charge in [0.05, 0.1) is 24.8 Å². The van der Waals surface area contributed by atoms with Crippen molar-refractivity contribution in [1.29, 1.82) is 0 Å². The van der Waals surface area contributed by atoms with Crippen molar-refractivity contribution in [3.8, 4) is 0 Å². The van der Waals surface area contributed by atoms with Crippen LogP contribution in [0.15, 0.2) is 29.3 Å². The molecule has 1 aromatic rings. The summed E-state index contributed by atoms with van der Waals surface area (Å²) < 4.78 is 19.0. The van der Waals surface area contributed by atoms with Gasteiger partial charge in [-0.3, -0.25) is 4.99 Å². The molecule has 0 radical (unpaired) electrons. The van der Waals surface area contributed by atoms with Gasteiger partial charge in [-0.25, -0.2) is 4.39 Å². The smallest absolute Gasteiger partial charge is 0.191 e. The minimum absolute atomic E-state index is 0.152. The highest BCUT2D eigenvalue weighted by Gasteiger charge is 2.41. The molecule has 0 saturated carbocycles. The number of benzene rings is 1. The van der Waals surface area contributed by atoms with E-state index in [-0.39, 0.29) is 11.2 Å². The molecule has 2 N–H and O–H groups in total. The van der Waals surface area contributed by atoms with Crippen molar-refractivity contribution in [1.82, 2.24) is 10.6 Å². The van der Waals surface area contributed by atoms with Gasteiger partial charge in [0.15, 0.2) is 5.96 Å². The minimum atomic E-state index is -0.204. The topological polar surface area (TPSA) is 45.7 Å². The van der Waals surface area contributed by atoms with Crippen LogP contribution in [0.3, 0.4) is 0 Å². The van der Waals surface area contributed by atoms with Crippen molar-refractivity contribution in [3.63, 3.8) is 0 Å². The van der Waals surface area contributed by atoms with Crippen molar-refractivity contribution in [3.05, 3.63) is 35.6 Å². The van der Waals surface area contributed by atoms with Gasteiger partial charge in [-0.1, -0.05) is 26.0 Å². The summed E-state index contributed by atoms with van der Waals surface area (Å²) in [6, 6.07) is 7.06. The summed E-state index contributed by atoms with van der Waals surface area (Å²) in [5.74, 6) is 0.637. The number of guanidine groups is 1. The second kappa shape index (κ2) is 7.09. The Bertz CT molecular complexity index is 585. The first kappa shape index (κ1) is 17.2. The second-order valence-electron chi connectivity index (χ2n) is 7.45. The van der Waals surface area contributed by atoms with E-state index in [1.165, 1.54) is 18.6 Å². The number of nitrogens with one attached hydrogen (secondary N) is 2. The van der Waals surface area contributed by atoms with Crippen LogP contribution in [0.25, 0.3) is 0 Å². The lowest BCUT2D eigenvalue weighted by Crippen LogP contribution is -2.47. The first-order valence-corrected chi connectivity index (χ1v) is 8.94. The molecule has 24 heavy (non-hydrogen) atoms. The van der Waals surface area contributed by atoms with Crippen LogP contribution in [-0.4, -0.2) is 37.3 Å². The Morgan fingerprint density at radius 3 is 2.62 bits per heavy atom. The third-order valence-corrected chi connectivity index (χ3v) is 5.03. The van der Waals surface area contributed by atoms with Crippen LogP contribution in [0.1, 0.15) is 45.6 Å². The van der Waals surface area contributed by atoms with Crippen LogP contribution in [0, 0.1) is 5.82 Å². The van der Waals surface area contributed by atoms with E-state index >= 15 is 0 Å². The van der Waals surface area contributed by atoms with Gasteiger partial charge in [0, 0.05) is 12.0 Å². The molecule has 0 aromatic heterocycles. The lowest BCUT2D eigenvalue weighted by molar-refractivity contribution is 0.0992. The number of halogens is 1. The van der Waals surface area contributed by atoms with Gasteiger partial charge in [-0.05, 0) is 43.9 Å². The molecule has 0 spiro atoms. The standard InChI is InChI=1S/C19H28FN3O/c1-4-21-18(23-16-11-15-9-10-17(16)24-15)22-12-19(2,3)13-5-7-14(20)8-6-13/h5-8,15-17H,4,9-12H2,1-3H3,(H2,21,22,23). The maximum atomic E-state index is 13.1. The molecule has 2 aliphatic heterocycles. The van der Waals surface area contributed by atoms with E-state index in [9.17, 15) is 4.39 Å². The molecule has 2 fully saturated rings. The number of nitrogens with zero attached hydrogens (tertiary/aromatic N) is 1. The summed E-state index contributed by atoms with van der Waals surface area (Å²) in [6.45, 7) is 7.79. The zero-order valence-corrected chi connectivity index (χ0v) is 14.8. The highest BCUT2D eigenvalue weighted by Crippen LogP contribution is 2.34. The monoisotopic (exact) mass is 333 g/mol. The normalized spacial score (nSPS) is 26.7. The average molecular weight is 333 g/mol. The van der Waals surface area contributed by atoms with Gasteiger partial charge in [0.1, 0.15) is 5.82 Å². The van der Waals surface area contributed by atoms with Crippen LogP contribution >= 0.6 is 0 Å². The summed E-state index contributed by atoms with van der Waals surface area (Å²) in [7, 11) is 0. The Morgan fingerprint density at radius 1 is 1.29 bits per heavy atom. The van der Waals surface area contributed by atoms with E-state index < -0.39 is 0 Å². The van der Waals surface area contributed by atoms with Crippen molar-refractivity contribution in [2.45, 2.75) is 63.7 Å². The molecule has 1 aromatic carbocycles. The Hall–Kier alpha value is -1.62. The minimum Gasteiger partial charge on any atom is -0.373 e. The highest BCUT2D eigenvalue weighted by atomic mass is 19.1.